The zero-order chi connectivity index (χ0) is 11.3. The summed E-state index contributed by atoms with van der Waals surface area (Å²) in [7, 11) is 1.72. The van der Waals surface area contributed by atoms with Gasteiger partial charge in [-0.15, -0.1) is 0 Å². The highest BCUT2D eigenvalue weighted by molar-refractivity contribution is 6.32. The third-order valence-electron chi connectivity index (χ3n) is 2.00. The van der Waals surface area contributed by atoms with Crippen molar-refractivity contribution in [1.29, 1.82) is 5.26 Å². The number of rotatable bonds is 4. The molecule has 1 aromatic rings. The normalized spacial score (nSPS) is 11.9. The van der Waals surface area contributed by atoms with E-state index in [0.29, 0.717) is 10.8 Å². The summed E-state index contributed by atoms with van der Waals surface area (Å²) >= 11 is 5.94. The molecule has 1 unspecified atom stereocenters. The Kier molecular flexibility index (Phi) is 4.41. The predicted octanol–water partition coefficient (Wildman–Crippen LogP) is 2.14. The van der Waals surface area contributed by atoms with Gasteiger partial charge >= 0.3 is 0 Å². The van der Waals surface area contributed by atoms with E-state index >= 15 is 0 Å². The number of halogens is 1. The standard InChI is InChI=1S/C11H13ClN2O/c1-8-3-4-10(12)11(5-8)15-7-9(6-13)14-2/h3-5,9,14H,7H2,1-2H3. The summed E-state index contributed by atoms with van der Waals surface area (Å²) in [5.74, 6) is 0.618. The van der Waals surface area contributed by atoms with Crippen molar-refractivity contribution in [3.63, 3.8) is 0 Å². The van der Waals surface area contributed by atoms with E-state index < -0.39 is 0 Å². The molecule has 1 N–H and O–H groups in total. The van der Waals surface area contributed by atoms with Gasteiger partial charge in [0.1, 0.15) is 18.4 Å². The summed E-state index contributed by atoms with van der Waals surface area (Å²) in [5, 5.41) is 12.1. The second-order valence-electron chi connectivity index (χ2n) is 3.22. The Balaban J connectivity index is 2.65. The SMILES string of the molecule is CNC(C#N)COc1cc(C)ccc1Cl. The molecular weight excluding hydrogens is 212 g/mol. The minimum absolute atomic E-state index is 0.288. The van der Waals surface area contributed by atoms with Crippen LogP contribution in [0.2, 0.25) is 5.02 Å². The van der Waals surface area contributed by atoms with Gasteiger partial charge in [0.05, 0.1) is 11.1 Å². The average molecular weight is 225 g/mol. The van der Waals surface area contributed by atoms with E-state index in [4.69, 9.17) is 21.6 Å². The Morgan fingerprint density at radius 2 is 2.33 bits per heavy atom. The molecule has 1 atom stereocenters. The number of benzene rings is 1. The molecule has 0 amide bonds. The summed E-state index contributed by atoms with van der Waals surface area (Å²) in [6.07, 6.45) is 0. The molecule has 0 saturated heterocycles. The van der Waals surface area contributed by atoms with Crippen molar-refractivity contribution < 1.29 is 4.74 Å². The lowest BCUT2D eigenvalue weighted by Gasteiger charge is -2.11. The first-order valence-corrected chi connectivity index (χ1v) is 5.01. The maximum absolute atomic E-state index is 8.70. The molecule has 0 aliphatic rings. The molecule has 0 aliphatic carbocycles. The molecule has 1 aromatic carbocycles. The maximum atomic E-state index is 8.70. The van der Waals surface area contributed by atoms with Gasteiger partial charge < -0.3 is 10.1 Å². The summed E-state index contributed by atoms with van der Waals surface area (Å²) < 4.78 is 5.44. The molecular formula is C11H13ClN2O. The van der Waals surface area contributed by atoms with Gasteiger partial charge in [-0.25, -0.2) is 0 Å². The maximum Gasteiger partial charge on any atom is 0.138 e. The highest BCUT2D eigenvalue weighted by Crippen LogP contribution is 2.25. The number of hydrogen-bond acceptors (Lipinski definition) is 3. The minimum Gasteiger partial charge on any atom is -0.489 e. The Labute approximate surface area is 94.6 Å². The topological polar surface area (TPSA) is 45.0 Å². The number of aryl methyl sites for hydroxylation is 1. The summed E-state index contributed by atoms with van der Waals surface area (Å²) in [4.78, 5) is 0. The molecule has 3 nitrogen and oxygen atoms in total. The van der Waals surface area contributed by atoms with Crippen LogP contribution in [0.15, 0.2) is 18.2 Å². The molecule has 0 fully saturated rings. The van der Waals surface area contributed by atoms with E-state index in [1.807, 2.05) is 19.1 Å². The Hall–Kier alpha value is -1.24. The molecule has 1 rings (SSSR count). The Morgan fingerprint density at radius 3 is 2.93 bits per heavy atom. The zero-order valence-electron chi connectivity index (χ0n) is 8.75. The van der Waals surface area contributed by atoms with Crippen molar-refractivity contribution in [3.8, 4) is 11.8 Å². The Bertz CT molecular complexity index is 373. The Morgan fingerprint density at radius 1 is 1.60 bits per heavy atom. The summed E-state index contributed by atoms with van der Waals surface area (Å²) in [6, 6.07) is 7.31. The van der Waals surface area contributed by atoms with Gasteiger partial charge in [-0.3, -0.25) is 0 Å². The van der Waals surface area contributed by atoms with Crippen LogP contribution in [0.1, 0.15) is 5.56 Å². The van der Waals surface area contributed by atoms with Crippen LogP contribution in [0.4, 0.5) is 0 Å². The smallest absolute Gasteiger partial charge is 0.138 e. The monoisotopic (exact) mass is 224 g/mol. The molecule has 15 heavy (non-hydrogen) atoms. The first-order chi connectivity index (χ1) is 7.17. The van der Waals surface area contributed by atoms with Crippen molar-refractivity contribution in [3.05, 3.63) is 28.8 Å². The molecule has 0 heterocycles. The van der Waals surface area contributed by atoms with Crippen LogP contribution in [0.25, 0.3) is 0 Å². The molecule has 80 valence electrons. The van der Waals surface area contributed by atoms with Gasteiger partial charge in [-0.1, -0.05) is 17.7 Å². The predicted molar refractivity (Wildman–Crippen MR) is 60.1 cm³/mol. The third-order valence-corrected chi connectivity index (χ3v) is 2.31. The average Bonchev–Trinajstić information content (AvgIpc) is 2.24. The van der Waals surface area contributed by atoms with Crippen molar-refractivity contribution in [2.45, 2.75) is 13.0 Å². The highest BCUT2D eigenvalue weighted by atomic mass is 35.5. The lowest BCUT2D eigenvalue weighted by atomic mass is 10.2. The lowest BCUT2D eigenvalue weighted by Crippen LogP contribution is -2.29. The van der Waals surface area contributed by atoms with E-state index in [0.717, 1.165) is 5.56 Å². The quantitative estimate of drug-likeness (QED) is 0.852. The van der Waals surface area contributed by atoms with E-state index in [-0.39, 0.29) is 12.6 Å². The first-order valence-electron chi connectivity index (χ1n) is 4.63. The fraction of sp³-hybridized carbons (Fsp3) is 0.364. The molecule has 0 aliphatic heterocycles. The number of nitrogens with one attached hydrogen (secondary N) is 1. The van der Waals surface area contributed by atoms with E-state index in [9.17, 15) is 0 Å². The van der Waals surface area contributed by atoms with Crippen LogP contribution in [0.3, 0.4) is 0 Å². The zero-order valence-corrected chi connectivity index (χ0v) is 9.51. The first kappa shape index (κ1) is 11.8. The van der Waals surface area contributed by atoms with Crippen molar-refractivity contribution >= 4 is 11.6 Å². The summed E-state index contributed by atoms with van der Waals surface area (Å²) in [6.45, 7) is 2.25. The van der Waals surface area contributed by atoms with Crippen LogP contribution in [0.5, 0.6) is 5.75 Å². The lowest BCUT2D eigenvalue weighted by molar-refractivity contribution is 0.295. The molecule has 0 spiro atoms. The fourth-order valence-electron chi connectivity index (χ4n) is 1.08. The molecule has 0 radical (unpaired) electrons. The highest BCUT2D eigenvalue weighted by Gasteiger charge is 2.07. The third kappa shape index (κ3) is 3.43. The van der Waals surface area contributed by atoms with Crippen LogP contribution >= 0.6 is 11.6 Å². The minimum atomic E-state index is -0.318. The van der Waals surface area contributed by atoms with Crippen LogP contribution in [0, 0.1) is 18.3 Å². The second-order valence-corrected chi connectivity index (χ2v) is 3.62. The van der Waals surface area contributed by atoms with Crippen LogP contribution in [-0.4, -0.2) is 19.7 Å². The van der Waals surface area contributed by atoms with Gasteiger partial charge in [0.25, 0.3) is 0 Å². The van der Waals surface area contributed by atoms with E-state index in [1.54, 1.807) is 13.1 Å². The van der Waals surface area contributed by atoms with Gasteiger partial charge in [-0.05, 0) is 31.7 Å². The van der Waals surface area contributed by atoms with Gasteiger partial charge in [0, 0.05) is 0 Å². The number of ether oxygens (including phenoxy) is 1. The van der Waals surface area contributed by atoms with Gasteiger partial charge in [-0.2, -0.15) is 5.26 Å². The largest absolute Gasteiger partial charge is 0.489 e. The second kappa shape index (κ2) is 5.59. The van der Waals surface area contributed by atoms with Crippen molar-refractivity contribution in [2.75, 3.05) is 13.7 Å². The van der Waals surface area contributed by atoms with Crippen LogP contribution in [-0.2, 0) is 0 Å². The van der Waals surface area contributed by atoms with Gasteiger partial charge in [0.15, 0.2) is 0 Å². The molecule has 4 heteroatoms. The number of likely N-dealkylation sites (N-methyl/N-ethyl adjacent to an activating group) is 1. The molecule has 0 bridgehead atoms. The van der Waals surface area contributed by atoms with Crippen molar-refractivity contribution in [2.24, 2.45) is 0 Å². The number of nitrogens with zero attached hydrogens (tertiary/aromatic N) is 1. The van der Waals surface area contributed by atoms with Gasteiger partial charge in [0.2, 0.25) is 0 Å². The van der Waals surface area contributed by atoms with E-state index in [1.165, 1.54) is 0 Å². The van der Waals surface area contributed by atoms with E-state index in [2.05, 4.69) is 11.4 Å². The van der Waals surface area contributed by atoms with Crippen LogP contribution < -0.4 is 10.1 Å². The summed E-state index contributed by atoms with van der Waals surface area (Å²) in [5.41, 5.74) is 1.08. The molecule has 0 saturated carbocycles. The number of hydrogen-bond donors (Lipinski definition) is 1. The number of nitriles is 1. The molecule has 0 aromatic heterocycles. The van der Waals surface area contributed by atoms with Crippen molar-refractivity contribution in [1.82, 2.24) is 5.32 Å². The fourth-order valence-corrected chi connectivity index (χ4v) is 1.25.